The molecule has 0 bridgehead atoms. The van der Waals surface area contributed by atoms with Gasteiger partial charge in [-0.05, 0) is 57.7 Å². The molecule has 1 aliphatic heterocycles. The highest BCUT2D eigenvalue weighted by Gasteiger charge is 2.40. The number of hydrogen-bond acceptors (Lipinski definition) is 3. The molecule has 0 amide bonds. The fraction of sp³-hybridized carbons (Fsp3) is 0.625. The normalized spacial score (nSPS) is 22.9. The van der Waals surface area contributed by atoms with Crippen molar-refractivity contribution in [1.29, 1.82) is 0 Å². The van der Waals surface area contributed by atoms with E-state index in [0.29, 0.717) is 17.5 Å². The molecule has 2 fully saturated rings. The third kappa shape index (κ3) is 3.15. The number of rotatable bonds is 5. The zero-order valence-corrected chi connectivity index (χ0v) is 13.6. The van der Waals surface area contributed by atoms with E-state index >= 15 is 0 Å². The molecule has 1 saturated heterocycles. The second-order valence-electron chi connectivity index (χ2n) is 6.37. The van der Waals surface area contributed by atoms with Gasteiger partial charge in [0.15, 0.2) is 0 Å². The van der Waals surface area contributed by atoms with Gasteiger partial charge in [0, 0.05) is 18.6 Å². The van der Waals surface area contributed by atoms with Gasteiger partial charge in [-0.15, -0.1) is 0 Å². The molecule has 4 nitrogen and oxygen atoms in total. The number of hydrogen-bond donors (Lipinski definition) is 1. The molecule has 1 atom stereocenters. The van der Waals surface area contributed by atoms with Crippen molar-refractivity contribution in [3.63, 3.8) is 0 Å². The maximum absolute atomic E-state index is 13.0. The average Bonchev–Trinajstić information content (AvgIpc) is 3.11. The van der Waals surface area contributed by atoms with E-state index in [1.54, 1.807) is 10.4 Å². The molecule has 0 spiro atoms. The molecule has 1 aromatic rings. The van der Waals surface area contributed by atoms with Crippen LogP contribution in [-0.2, 0) is 10.0 Å². The van der Waals surface area contributed by atoms with Crippen LogP contribution in [0.25, 0.3) is 0 Å². The monoisotopic (exact) mass is 308 g/mol. The molecule has 1 heterocycles. The number of nitrogens with zero attached hydrogens (tertiary/aromatic N) is 1. The lowest BCUT2D eigenvalue weighted by Crippen LogP contribution is -2.42. The van der Waals surface area contributed by atoms with Crippen LogP contribution in [0, 0.1) is 13.8 Å². The van der Waals surface area contributed by atoms with Crippen LogP contribution in [-0.4, -0.2) is 37.9 Å². The van der Waals surface area contributed by atoms with E-state index in [2.05, 4.69) is 5.32 Å². The van der Waals surface area contributed by atoms with Gasteiger partial charge >= 0.3 is 0 Å². The van der Waals surface area contributed by atoms with E-state index in [1.165, 1.54) is 0 Å². The molecule has 1 unspecified atom stereocenters. The number of aryl methyl sites for hydroxylation is 2. The summed E-state index contributed by atoms with van der Waals surface area (Å²) in [6, 6.07) is 6.12. The quantitative estimate of drug-likeness (QED) is 0.907. The fourth-order valence-electron chi connectivity index (χ4n) is 3.15. The molecule has 5 heteroatoms. The van der Waals surface area contributed by atoms with Gasteiger partial charge in [0.1, 0.15) is 0 Å². The average molecular weight is 308 g/mol. The summed E-state index contributed by atoms with van der Waals surface area (Å²) in [7, 11) is -3.38. The van der Waals surface area contributed by atoms with Crippen molar-refractivity contribution in [2.75, 3.05) is 13.1 Å². The van der Waals surface area contributed by atoms with Crippen molar-refractivity contribution in [2.24, 2.45) is 0 Å². The fourth-order valence-corrected chi connectivity index (χ4v) is 5.09. The Labute approximate surface area is 127 Å². The maximum Gasteiger partial charge on any atom is 0.243 e. The summed E-state index contributed by atoms with van der Waals surface area (Å²) >= 11 is 0. The molecular weight excluding hydrogens is 284 g/mol. The number of benzene rings is 1. The largest absolute Gasteiger partial charge is 0.313 e. The van der Waals surface area contributed by atoms with Crippen LogP contribution in [0.5, 0.6) is 0 Å². The maximum atomic E-state index is 13.0. The highest BCUT2D eigenvalue weighted by atomic mass is 32.2. The van der Waals surface area contributed by atoms with Gasteiger partial charge in [-0.2, -0.15) is 4.31 Å². The summed E-state index contributed by atoms with van der Waals surface area (Å²) in [5, 5.41) is 3.41. The van der Waals surface area contributed by atoms with Crippen LogP contribution >= 0.6 is 0 Å². The van der Waals surface area contributed by atoms with Gasteiger partial charge in [-0.3, -0.25) is 0 Å². The van der Waals surface area contributed by atoms with Gasteiger partial charge in [0.2, 0.25) is 10.0 Å². The summed E-state index contributed by atoms with van der Waals surface area (Å²) < 4.78 is 27.8. The van der Waals surface area contributed by atoms with Gasteiger partial charge in [0.25, 0.3) is 0 Å². The standard InChI is InChI=1S/C16H24N2O2S/c1-12-5-8-16(13(2)10-12)21(19,20)18(15-6-7-15)11-14-4-3-9-17-14/h5,8,10,14-15,17H,3-4,6-7,9,11H2,1-2H3. The van der Waals surface area contributed by atoms with Gasteiger partial charge in [-0.25, -0.2) is 8.42 Å². The second-order valence-corrected chi connectivity index (χ2v) is 8.23. The highest BCUT2D eigenvalue weighted by molar-refractivity contribution is 7.89. The Hall–Kier alpha value is -0.910. The van der Waals surface area contributed by atoms with Crippen LogP contribution in [0.15, 0.2) is 23.1 Å². The SMILES string of the molecule is Cc1ccc(S(=O)(=O)N(CC2CCCN2)C2CC2)c(C)c1. The van der Waals surface area contributed by atoms with Crippen LogP contribution in [0.1, 0.15) is 36.8 Å². The van der Waals surface area contributed by atoms with Crippen molar-refractivity contribution in [3.8, 4) is 0 Å². The van der Waals surface area contributed by atoms with E-state index in [9.17, 15) is 8.42 Å². The third-order valence-electron chi connectivity index (χ3n) is 4.43. The van der Waals surface area contributed by atoms with Crippen LogP contribution in [0.2, 0.25) is 0 Å². The zero-order valence-electron chi connectivity index (χ0n) is 12.8. The van der Waals surface area contributed by atoms with E-state index in [-0.39, 0.29) is 6.04 Å². The minimum Gasteiger partial charge on any atom is -0.313 e. The number of sulfonamides is 1. The van der Waals surface area contributed by atoms with Gasteiger partial charge in [0.05, 0.1) is 4.90 Å². The van der Waals surface area contributed by atoms with Crippen LogP contribution in [0.3, 0.4) is 0 Å². The van der Waals surface area contributed by atoms with Crippen molar-refractivity contribution in [2.45, 2.75) is 56.5 Å². The Morgan fingerprint density at radius 1 is 1.24 bits per heavy atom. The van der Waals surface area contributed by atoms with E-state index < -0.39 is 10.0 Å². The smallest absolute Gasteiger partial charge is 0.243 e. The Kier molecular flexibility index (Phi) is 4.08. The molecule has 1 saturated carbocycles. The molecule has 0 aromatic heterocycles. The van der Waals surface area contributed by atoms with Crippen molar-refractivity contribution in [3.05, 3.63) is 29.3 Å². The van der Waals surface area contributed by atoms with Crippen LogP contribution in [0.4, 0.5) is 0 Å². The first-order valence-corrected chi connectivity index (χ1v) is 9.25. The van der Waals surface area contributed by atoms with Gasteiger partial charge in [-0.1, -0.05) is 17.7 Å². The first-order chi connectivity index (χ1) is 9.98. The minimum absolute atomic E-state index is 0.207. The molecule has 116 valence electrons. The first kappa shape index (κ1) is 15.0. The zero-order chi connectivity index (χ0) is 15.0. The molecule has 21 heavy (non-hydrogen) atoms. The predicted octanol–water partition coefficient (Wildman–Crippen LogP) is 2.21. The summed E-state index contributed by atoms with van der Waals surface area (Å²) in [5.74, 6) is 0. The Bertz CT molecular complexity index is 617. The van der Waals surface area contributed by atoms with E-state index in [0.717, 1.165) is 43.4 Å². The molecule has 1 aromatic carbocycles. The van der Waals surface area contributed by atoms with Crippen molar-refractivity contribution < 1.29 is 8.42 Å². The van der Waals surface area contributed by atoms with Gasteiger partial charge < -0.3 is 5.32 Å². The van der Waals surface area contributed by atoms with Crippen molar-refractivity contribution >= 4 is 10.0 Å². The summed E-state index contributed by atoms with van der Waals surface area (Å²) in [4.78, 5) is 0.470. The molecular formula is C16H24N2O2S. The lowest BCUT2D eigenvalue weighted by molar-refractivity contribution is 0.362. The summed E-state index contributed by atoms with van der Waals surface area (Å²) in [6.07, 6.45) is 4.21. The van der Waals surface area contributed by atoms with Crippen molar-refractivity contribution in [1.82, 2.24) is 9.62 Å². The summed E-state index contributed by atoms with van der Waals surface area (Å²) in [6.45, 7) is 5.50. The predicted molar refractivity (Wildman–Crippen MR) is 83.9 cm³/mol. The number of nitrogens with one attached hydrogen (secondary N) is 1. The Morgan fingerprint density at radius 2 is 2.00 bits per heavy atom. The molecule has 0 radical (unpaired) electrons. The molecule has 1 aliphatic carbocycles. The Morgan fingerprint density at radius 3 is 2.57 bits per heavy atom. The third-order valence-corrected chi connectivity index (χ3v) is 6.51. The van der Waals surface area contributed by atoms with Crippen LogP contribution < -0.4 is 5.32 Å². The molecule has 3 rings (SSSR count). The first-order valence-electron chi connectivity index (χ1n) is 7.81. The second kappa shape index (κ2) is 5.71. The lowest BCUT2D eigenvalue weighted by Gasteiger charge is -2.26. The Balaban J connectivity index is 1.89. The topological polar surface area (TPSA) is 49.4 Å². The highest BCUT2D eigenvalue weighted by Crippen LogP contribution is 2.33. The van der Waals surface area contributed by atoms with E-state index in [1.807, 2.05) is 26.0 Å². The lowest BCUT2D eigenvalue weighted by atomic mass is 10.2. The molecule has 2 aliphatic rings. The summed E-state index contributed by atoms with van der Waals surface area (Å²) in [5.41, 5.74) is 1.95. The van der Waals surface area contributed by atoms with E-state index in [4.69, 9.17) is 0 Å². The minimum atomic E-state index is -3.38. The molecule has 1 N–H and O–H groups in total.